The molecule has 1 aromatic rings. The molecule has 1 saturated heterocycles. The van der Waals surface area contributed by atoms with Crippen LogP contribution in [0.15, 0.2) is 18.2 Å². The van der Waals surface area contributed by atoms with Gasteiger partial charge >= 0.3 is 0 Å². The van der Waals surface area contributed by atoms with E-state index in [1.54, 1.807) is 0 Å². The van der Waals surface area contributed by atoms with E-state index in [4.69, 9.17) is 5.73 Å². The Kier molecular flexibility index (Phi) is 3.89. The van der Waals surface area contributed by atoms with Gasteiger partial charge in [-0.1, -0.05) is 0 Å². The van der Waals surface area contributed by atoms with Gasteiger partial charge in [-0.15, -0.1) is 0 Å². The zero-order chi connectivity index (χ0) is 12.3. The predicted molar refractivity (Wildman–Crippen MR) is 74.3 cm³/mol. The fourth-order valence-electron chi connectivity index (χ4n) is 2.41. The number of hydrogen-bond donors (Lipinski definition) is 2. The van der Waals surface area contributed by atoms with E-state index in [2.05, 4.69) is 30.3 Å². The molecule has 0 spiro atoms. The number of anilines is 2. The molecule has 1 aliphatic rings. The van der Waals surface area contributed by atoms with Gasteiger partial charge in [0.05, 0.1) is 0 Å². The van der Waals surface area contributed by atoms with Crippen LogP contribution in [-0.2, 0) is 0 Å². The van der Waals surface area contributed by atoms with Crippen molar-refractivity contribution in [1.82, 2.24) is 4.90 Å². The molecule has 1 aromatic carbocycles. The zero-order valence-corrected chi connectivity index (χ0v) is 10.9. The number of likely N-dealkylation sites (tertiary alicyclic amines) is 1. The normalized spacial score (nSPS) is 18.2. The highest BCUT2D eigenvalue weighted by Crippen LogP contribution is 2.20. The highest BCUT2D eigenvalue weighted by atomic mass is 15.1. The molecule has 0 bridgehead atoms. The Labute approximate surface area is 104 Å². The van der Waals surface area contributed by atoms with Gasteiger partial charge < -0.3 is 16.0 Å². The Hall–Kier alpha value is -1.22. The van der Waals surface area contributed by atoms with Crippen LogP contribution in [0.25, 0.3) is 0 Å². The smallest absolute Gasteiger partial charge is 0.0371 e. The predicted octanol–water partition coefficient (Wildman–Crippen LogP) is 2.33. The standard InChI is InChI=1S/C14H23N3/c1-11-9-13(15)3-4-14(11)16-10-12-5-7-17(2)8-6-12/h3-4,9,12,16H,5-8,10,15H2,1-2H3. The van der Waals surface area contributed by atoms with E-state index in [-0.39, 0.29) is 0 Å². The van der Waals surface area contributed by atoms with E-state index in [0.29, 0.717) is 0 Å². The summed E-state index contributed by atoms with van der Waals surface area (Å²) in [5, 5.41) is 3.55. The third kappa shape index (κ3) is 3.37. The first-order valence-electron chi connectivity index (χ1n) is 6.43. The summed E-state index contributed by atoms with van der Waals surface area (Å²) in [6, 6.07) is 6.07. The summed E-state index contributed by atoms with van der Waals surface area (Å²) in [6.45, 7) is 5.64. The number of aryl methyl sites for hydroxylation is 1. The van der Waals surface area contributed by atoms with Gasteiger partial charge in [-0.3, -0.25) is 0 Å². The van der Waals surface area contributed by atoms with Crippen molar-refractivity contribution < 1.29 is 0 Å². The Morgan fingerprint density at radius 1 is 1.35 bits per heavy atom. The first-order valence-corrected chi connectivity index (χ1v) is 6.43. The van der Waals surface area contributed by atoms with Crippen LogP contribution in [-0.4, -0.2) is 31.6 Å². The molecule has 94 valence electrons. The monoisotopic (exact) mass is 233 g/mol. The van der Waals surface area contributed by atoms with Gasteiger partial charge in [-0.25, -0.2) is 0 Å². The van der Waals surface area contributed by atoms with E-state index in [9.17, 15) is 0 Å². The Morgan fingerprint density at radius 2 is 2.06 bits per heavy atom. The van der Waals surface area contributed by atoms with Gasteiger partial charge in [0.25, 0.3) is 0 Å². The number of rotatable bonds is 3. The van der Waals surface area contributed by atoms with Crippen molar-refractivity contribution in [1.29, 1.82) is 0 Å². The molecule has 1 fully saturated rings. The number of piperidine rings is 1. The second-order valence-corrected chi connectivity index (χ2v) is 5.20. The lowest BCUT2D eigenvalue weighted by Crippen LogP contribution is -2.33. The lowest BCUT2D eigenvalue weighted by atomic mass is 9.97. The summed E-state index contributed by atoms with van der Waals surface area (Å²) in [5.74, 6) is 0.808. The van der Waals surface area contributed by atoms with Crippen LogP contribution >= 0.6 is 0 Å². The average Bonchev–Trinajstić information content (AvgIpc) is 2.30. The molecule has 3 N–H and O–H groups in total. The maximum Gasteiger partial charge on any atom is 0.0371 e. The summed E-state index contributed by atoms with van der Waals surface area (Å²) in [4.78, 5) is 2.41. The maximum atomic E-state index is 5.75. The SMILES string of the molecule is Cc1cc(N)ccc1NCC1CCN(C)CC1. The molecule has 0 radical (unpaired) electrons. The highest BCUT2D eigenvalue weighted by molar-refractivity contribution is 5.57. The van der Waals surface area contributed by atoms with E-state index in [1.807, 2.05) is 12.1 Å². The van der Waals surface area contributed by atoms with Gasteiger partial charge in [-0.05, 0) is 69.6 Å². The van der Waals surface area contributed by atoms with Gasteiger partial charge in [0, 0.05) is 17.9 Å². The van der Waals surface area contributed by atoms with Crippen molar-refractivity contribution in [2.24, 2.45) is 5.92 Å². The van der Waals surface area contributed by atoms with E-state index >= 15 is 0 Å². The van der Waals surface area contributed by atoms with Crippen molar-refractivity contribution in [2.75, 3.05) is 37.7 Å². The van der Waals surface area contributed by atoms with Crippen LogP contribution in [0.3, 0.4) is 0 Å². The van der Waals surface area contributed by atoms with Crippen molar-refractivity contribution >= 4 is 11.4 Å². The second kappa shape index (κ2) is 5.41. The molecule has 0 aliphatic carbocycles. The first kappa shape index (κ1) is 12.2. The van der Waals surface area contributed by atoms with Crippen molar-refractivity contribution in [2.45, 2.75) is 19.8 Å². The minimum atomic E-state index is 0.808. The van der Waals surface area contributed by atoms with E-state index in [0.717, 1.165) is 18.2 Å². The number of hydrogen-bond acceptors (Lipinski definition) is 3. The molecule has 0 amide bonds. The van der Waals surface area contributed by atoms with E-state index < -0.39 is 0 Å². The van der Waals surface area contributed by atoms with Crippen LogP contribution in [0.4, 0.5) is 11.4 Å². The van der Waals surface area contributed by atoms with E-state index in [1.165, 1.54) is 37.2 Å². The molecule has 0 atom stereocenters. The molecule has 0 aromatic heterocycles. The van der Waals surface area contributed by atoms with Crippen molar-refractivity contribution in [3.05, 3.63) is 23.8 Å². The molecule has 17 heavy (non-hydrogen) atoms. The van der Waals surface area contributed by atoms with Crippen molar-refractivity contribution in [3.63, 3.8) is 0 Å². The Morgan fingerprint density at radius 3 is 2.71 bits per heavy atom. The van der Waals surface area contributed by atoms with Crippen LogP contribution < -0.4 is 11.1 Å². The minimum Gasteiger partial charge on any atom is -0.399 e. The van der Waals surface area contributed by atoms with Gasteiger partial charge in [0.2, 0.25) is 0 Å². The molecular formula is C14H23N3. The average molecular weight is 233 g/mol. The fourth-order valence-corrected chi connectivity index (χ4v) is 2.41. The summed E-state index contributed by atoms with van der Waals surface area (Å²) in [6.07, 6.45) is 2.61. The Balaban J connectivity index is 1.85. The third-order valence-electron chi connectivity index (χ3n) is 3.67. The van der Waals surface area contributed by atoms with Gasteiger partial charge in [0.15, 0.2) is 0 Å². The van der Waals surface area contributed by atoms with Crippen LogP contribution in [0.5, 0.6) is 0 Å². The topological polar surface area (TPSA) is 41.3 Å². The molecule has 0 saturated carbocycles. The van der Waals surface area contributed by atoms with Crippen molar-refractivity contribution in [3.8, 4) is 0 Å². The molecule has 3 heteroatoms. The van der Waals surface area contributed by atoms with Crippen LogP contribution in [0.1, 0.15) is 18.4 Å². The quantitative estimate of drug-likeness (QED) is 0.787. The lowest BCUT2D eigenvalue weighted by molar-refractivity contribution is 0.226. The minimum absolute atomic E-state index is 0.808. The van der Waals surface area contributed by atoms with Gasteiger partial charge in [0.1, 0.15) is 0 Å². The fraction of sp³-hybridized carbons (Fsp3) is 0.571. The first-order chi connectivity index (χ1) is 8.15. The molecular weight excluding hydrogens is 210 g/mol. The number of nitrogens with two attached hydrogens (primary N) is 1. The van der Waals surface area contributed by atoms with Crippen LogP contribution in [0, 0.1) is 12.8 Å². The second-order valence-electron chi connectivity index (χ2n) is 5.20. The molecule has 1 aliphatic heterocycles. The number of nitrogens with one attached hydrogen (secondary N) is 1. The zero-order valence-electron chi connectivity index (χ0n) is 10.9. The van der Waals surface area contributed by atoms with Crippen LogP contribution in [0.2, 0.25) is 0 Å². The third-order valence-corrected chi connectivity index (χ3v) is 3.67. The van der Waals surface area contributed by atoms with Gasteiger partial charge in [-0.2, -0.15) is 0 Å². The molecule has 1 heterocycles. The Bertz CT molecular complexity index is 368. The number of nitrogens with zero attached hydrogens (tertiary/aromatic N) is 1. The maximum absolute atomic E-state index is 5.75. The lowest BCUT2D eigenvalue weighted by Gasteiger charge is -2.29. The summed E-state index contributed by atoms with van der Waals surface area (Å²) in [5.41, 5.74) is 9.04. The number of nitrogen functional groups attached to an aromatic ring is 1. The molecule has 2 rings (SSSR count). The summed E-state index contributed by atoms with van der Waals surface area (Å²) >= 11 is 0. The summed E-state index contributed by atoms with van der Waals surface area (Å²) in [7, 11) is 2.20. The molecule has 0 unspecified atom stereocenters. The largest absolute Gasteiger partial charge is 0.399 e. The number of benzene rings is 1. The summed E-state index contributed by atoms with van der Waals surface area (Å²) < 4.78 is 0. The highest BCUT2D eigenvalue weighted by Gasteiger charge is 2.16. The molecule has 3 nitrogen and oxygen atoms in total.